The summed E-state index contributed by atoms with van der Waals surface area (Å²) in [7, 11) is 1.63. The van der Waals surface area contributed by atoms with Crippen LogP contribution in [0, 0.1) is 0 Å². The number of hydrogen-bond acceptors (Lipinski definition) is 5. The van der Waals surface area contributed by atoms with E-state index in [1.54, 1.807) is 24.6 Å². The minimum atomic E-state index is 0.532. The Balaban J connectivity index is 1.68. The van der Waals surface area contributed by atoms with Gasteiger partial charge in [0, 0.05) is 39.0 Å². The van der Waals surface area contributed by atoms with Crippen LogP contribution in [0.1, 0.15) is 0 Å². The van der Waals surface area contributed by atoms with Gasteiger partial charge in [0.2, 0.25) is 5.88 Å². The van der Waals surface area contributed by atoms with E-state index in [1.807, 2.05) is 24.4 Å². The Hall–Kier alpha value is -2.92. The van der Waals surface area contributed by atoms with E-state index in [0.29, 0.717) is 11.7 Å². The third-order valence-electron chi connectivity index (χ3n) is 3.87. The van der Waals surface area contributed by atoms with Gasteiger partial charge in [0.1, 0.15) is 5.82 Å². The fraction of sp³-hybridized carbons (Fsp3) is 0.0526. The largest absolute Gasteiger partial charge is 0.481 e. The molecule has 24 heavy (non-hydrogen) atoms. The summed E-state index contributed by atoms with van der Waals surface area (Å²) < 4.78 is 6.36. The van der Waals surface area contributed by atoms with Crippen molar-refractivity contribution < 1.29 is 4.74 Å². The molecule has 1 aromatic carbocycles. The Bertz CT molecular complexity index is 991. The lowest BCUT2D eigenvalue weighted by Gasteiger charge is -2.03. The highest BCUT2D eigenvalue weighted by Crippen LogP contribution is 2.35. The molecule has 0 unspecified atom stereocenters. The summed E-state index contributed by atoms with van der Waals surface area (Å²) in [4.78, 5) is 9.61. The fourth-order valence-electron chi connectivity index (χ4n) is 2.57. The smallest absolute Gasteiger partial charge is 0.214 e. The molecule has 3 heterocycles. The summed E-state index contributed by atoms with van der Waals surface area (Å²) in [6, 6.07) is 16.4. The van der Waals surface area contributed by atoms with Gasteiger partial charge in [-0.25, -0.2) is 9.97 Å². The molecule has 0 atom stereocenters. The number of nitrogens with two attached hydrogens (primary N) is 1. The summed E-state index contributed by atoms with van der Waals surface area (Å²) in [6.07, 6.45) is 3.64. The van der Waals surface area contributed by atoms with Gasteiger partial charge in [-0.3, -0.25) is 0 Å². The van der Waals surface area contributed by atoms with E-state index in [0.717, 1.165) is 16.5 Å². The molecule has 4 aromatic rings. The monoisotopic (exact) mass is 333 g/mol. The third kappa shape index (κ3) is 2.70. The number of nitrogens with zero attached hydrogens (tertiary/aromatic N) is 2. The van der Waals surface area contributed by atoms with Crippen LogP contribution < -0.4 is 10.5 Å². The second-order valence-corrected chi connectivity index (χ2v) is 6.51. The summed E-state index contributed by atoms with van der Waals surface area (Å²) >= 11 is 1.73. The zero-order chi connectivity index (χ0) is 16.5. The van der Waals surface area contributed by atoms with Gasteiger partial charge < -0.3 is 10.5 Å². The minimum absolute atomic E-state index is 0.532. The molecular weight excluding hydrogens is 318 g/mol. The van der Waals surface area contributed by atoms with Crippen molar-refractivity contribution in [2.45, 2.75) is 0 Å². The normalized spacial score (nSPS) is 10.9. The molecule has 5 heteroatoms. The molecule has 0 saturated heterocycles. The molecule has 0 radical (unpaired) electrons. The summed E-state index contributed by atoms with van der Waals surface area (Å²) in [5.74, 6) is 1.17. The lowest BCUT2D eigenvalue weighted by molar-refractivity contribution is 0.399. The second kappa shape index (κ2) is 5.94. The first-order chi connectivity index (χ1) is 11.7. The highest BCUT2D eigenvalue weighted by atomic mass is 32.1. The number of nitrogen functional groups attached to an aromatic ring is 1. The number of benzene rings is 1. The van der Waals surface area contributed by atoms with Crippen molar-refractivity contribution in [2.75, 3.05) is 12.8 Å². The van der Waals surface area contributed by atoms with Crippen molar-refractivity contribution in [3.63, 3.8) is 0 Å². The first-order valence-electron chi connectivity index (χ1n) is 7.49. The molecule has 0 aliphatic carbocycles. The fourth-order valence-corrected chi connectivity index (χ4v) is 3.64. The SMILES string of the molecule is COc1cc2sc(-c3ccc(-c4ccc(N)nc4)cc3)cc2cn1. The number of ether oxygens (including phenoxy) is 1. The van der Waals surface area contributed by atoms with Crippen molar-refractivity contribution in [1.29, 1.82) is 0 Å². The molecule has 0 aliphatic heterocycles. The Labute approximate surface area is 143 Å². The molecule has 2 N–H and O–H groups in total. The Kier molecular flexibility index (Phi) is 3.63. The lowest BCUT2D eigenvalue weighted by Crippen LogP contribution is -1.88. The van der Waals surface area contributed by atoms with Crippen molar-refractivity contribution in [1.82, 2.24) is 9.97 Å². The molecule has 0 fully saturated rings. The van der Waals surface area contributed by atoms with Crippen LogP contribution >= 0.6 is 11.3 Å². The van der Waals surface area contributed by atoms with Gasteiger partial charge in [-0.1, -0.05) is 24.3 Å². The number of hydrogen-bond donors (Lipinski definition) is 1. The van der Waals surface area contributed by atoms with Crippen LogP contribution in [0.3, 0.4) is 0 Å². The number of pyridine rings is 2. The second-order valence-electron chi connectivity index (χ2n) is 5.42. The maximum absolute atomic E-state index is 5.64. The first-order valence-corrected chi connectivity index (χ1v) is 8.30. The van der Waals surface area contributed by atoms with Crippen molar-refractivity contribution in [3.8, 4) is 27.4 Å². The number of rotatable bonds is 3. The third-order valence-corrected chi connectivity index (χ3v) is 5.02. The average Bonchev–Trinajstić information content (AvgIpc) is 3.05. The lowest BCUT2D eigenvalue weighted by atomic mass is 10.0. The van der Waals surface area contributed by atoms with Gasteiger partial charge in [0.25, 0.3) is 0 Å². The highest BCUT2D eigenvalue weighted by Gasteiger charge is 2.07. The molecule has 0 spiro atoms. The van der Waals surface area contributed by atoms with Crippen LogP contribution in [-0.2, 0) is 0 Å². The summed E-state index contributed by atoms with van der Waals surface area (Å²) in [5, 5.41) is 1.13. The van der Waals surface area contributed by atoms with Crippen LogP contribution in [0.25, 0.3) is 31.7 Å². The average molecular weight is 333 g/mol. The molecule has 0 aliphatic rings. The van der Waals surface area contributed by atoms with E-state index >= 15 is 0 Å². The quantitative estimate of drug-likeness (QED) is 0.594. The molecule has 0 bridgehead atoms. The van der Waals surface area contributed by atoms with E-state index in [1.165, 1.54) is 15.1 Å². The van der Waals surface area contributed by atoms with Crippen molar-refractivity contribution in [3.05, 3.63) is 60.9 Å². The van der Waals surface area contributed by atoms with Gasteiger partial charge in [0.05, 0.1) is 7.11 Å². The molecular formula is C19H15N3OS. The Morgan fingerprint density at radius 1 is 0.875 bits per heavy atom. The van der Waals surface area contributed by atoms with Crippen LogP contribution in [-0.4, -0.2) is 17.1 Å². The molecule has 3 aromatic heterocycles. The maximum Gasteiger partial charge on any atom is 0.214 e. The number of anilines is 1. The van der Waals surface area contributed by atoms with Gasteiger partial charge in [-0.2, -0.15) is 0 Å². The maximum atomic E-state index is 5.64. The predicted molar refractivity (Wildman–Crippen MR) is 99.3 cm³/mol. The zero-order valence-electron chi connectivity index (χ0n) is 13.1. The van der Waals surface area contributed by atoms with E-state index < -0.39 is 0 Å². The Morgan fingerprint density at radius 3 is 2.33 bits per heavy atom. The molecule has 118 valence electrons. The van der Waals surface area contributed by atoms with E-state index in [9.17, 15) is 0 Å². The number of aromatic nitrogens is 2. The number of thiophene rings is 1. The molecule has 4 rings (SSSR count). The van der Waals surface area contributed by atoms with Crippen molar-refractivity contribution in [2.24, 2.45) is 0 Å². The van der Waals surface area contributed by atoms with Gasteiger partial charge >= 0.3 is 0 Å². The van der Waals surface area contributed by atoms with E-state index in [-0.39, 0.29) is 0 Å². The topological polar surface area (TPSA) is 61.0 Å². The summed E-state index contributed by atoms with van der Waals surface area (Å²) in [6.45, 7) is 0. The van der Waals surface area contributed by atoms with Gasteiger partial charge in [-0.05, 0) is 29.3 Å². The molecule has 4 nitrogen and oxygen atoms in total. The molecule has 0 amide bonds. The van der Waals surface area contributed by atoms with Crippen LogP contribution in [0.4, 0.5) is 5.82 Å². The standard InChI is InChI=1S/C19H15N3OS/c1-23-19-9-17-15(11-22-19)8-16(24-17)13-4-2-12(3-5-13)14-6-7-18(20)21-10-14/h2-11H,1H3,(H2,20,21). The van der Waals surface area contributed by atoms with Gasteiger partial charge in [0.15, 0.2) is 0 Å². The van der Waals surface area contributed by atoms with Crippen LogP contribution in [0.2, 0.25) is 0 Å². The first kappa shape index (κ1) is 14.7. The van der Waals surface area contributed by atoms with Crippen LogP contribution in [0.15, 0.2) is 60.9 Å². The number of methoxy groups -OCH3 is 1. The summed E-state index contributed by atoms with van der Waals surface area (Å²) in [5.41, 5.74) is 9.00. The Morgan fingerprint density at radius 2 is 1.62 bits per heavy atom. The van der Waals surface area contributed by atoms with Crippen molar-refractivity contribution >= 4 is 27.2 Å². The zero-order valence-corrected chi connectivity index (χ0v) is 13.9. The molecule has 0 saturated carbocycles. The highest BCUT2D eigenvalue weighted by molar-refractivity contribution is 7.22. The van der Waals surface area contributed by atoms with Gasteiger partial charge in [-0.15, -0.1) is 11.3 Å². The number of fused-ring (bicyclic) bond motifs is 1. The minimum Gasteiger partial charge on any atom is -0.481 e. The predicted octanol–water partition coefficient (Wildman–Crippen LogP) is 4.62. The van der Waals surface area contributed by atoms with E-state index in [4.69, 9.17) is 10.5 Å². The van der Waals surface area contributed by atoms with E-state index in [2.05, 4.69) is 40.3 Å². The van der Waals surface area contributed by atoms with Crippen LogP contribution in [0.5, 0.6) is 5.88 Å².